The minimum Gasteiger partial charge on any atom is -0.445 e. The third-order valence-electron chi connectivity index (χ3n) is 3.51. The molecule has 1 atom stereocenters. The summed E-state index contributed by atoms with van der Waals surface area (Å²) < 4.78 is 5.13. The molecule has 0 radical (unpaired) electrons. The summed E-state index contributed by atoms with van der Waals surface area (Å²) in [4.78, 5) is 25.0. The fourth-order valence-corrected chi connectivity index (χ4v) is 2.58. The van der Waals surface area contributed by atoms with E-state index < -0.39 is 6.09 Å². The molecule has 0 aliphatic carbocycles. The van der Waals surface area contributed by atoms with Crippen LogP contribution in [0.25, 0.3) is 0 Å². The van der Waals surface area contributed by atoms with Crippen molar-refractivity contribution in [2.75, 3.05) is 19.0 Å². The molecule has 0 aromatic heterocycles. The van der Waals surface area contributed by atoms with E-state index in [1.807, 2.05) is 30.3 Å². The number of rotatable bonds is 5. The van der Waals surface area contributed by atoms with Crippen LogP contribution in [0.1, 0.15) is 18.4 Å². The predicted octanol–water partition coefficient (Wildman–Crippen LogP) is 2.14. The fraction of sp³-hybridized carbons (Fsp3) is 0.467. The van der Waals surface area contributed by atoms with E-state index in [4.69, 9.17) is 16.3 Å². The minimum absolute atomic E-state index is 0.0144. The molecule has 0 bridgehead atoms. The fourth-order valence-electron chi connectivity index (χ4n) is 2.43. The van der Waals surface area contributed by atoms with Gasteiger partial charge < -0.3 is 15.0 Å². The number of nitrogens with one attached hydrogen (secondary N) is 1. The second kappa shape index (κ2) is 7.88. The molecule has 1 fully saturated rings. The molecule has 1 N–H and O–H groups in total. The largest absolute Gasteiger partial charge is 0.445 e. The highest BCUT2D eigenvalue weighted by Crippen LogP contribution is 2.17. The van der Waals surface area contributed by atoms with Crippen molar-refractivity contribution in [3.63, 3.8) is 0 Å². The third kappa shape index (κ3) is 4.63. The van der Waals surface area contributed by atoms with Crippen LogP contribution in [-0.2, 0) is 16.1 Å². The molecule has 1 heterocycles. The molecule has 0 spiro atoms. The van der Waals surface area contributed by atoms with Gasteiger partial charge in [0.15, 0.2) is 0 Å². The molecular weight excluding hydrogens is 292 g/mol. The maximum absolute atomic E-state index is 11.7. The van der Waals surface area contributed by atoms with Gasteiger partial charge in [-0.25, -0.2) is 4.79 Å². The average Bonchev–Trinajstić information content (AvgIpc) is 2.99. The number of ether oxygens (including phenoxy) is 1. The number of nitrogens with zero attached hydrogens (tertiary/aromatic N) is 1. The Labute approximate surface area is 129 Å². The van der Waals surface area contributed by atoms with E-state index in [9.17, 15) is 9.59 Å². The highest BCUT2D eigenvalue weighted by molar-refractivity contribution is 6.27. The van der Waals surface area contributed by atoms with Gasteiger partial charge in [-0.2, -0.15) is 0 Å². The van der Waals surface area contributed by atoms with Gasteiger partial charge in [0.25, 0.3) is 0 Å². The van der Waals surface area contributed by atoms with Gasteiger partial charge in [0.05, 0.1) is 0 Å². The molecular formula is C15H19ClN2O3. The summed E-state index contributed by atoms with van der Waals surface area (Å²) in [6.07, 6.45) is 1.35. The number of hydrogen-bond donors (Lipinski definition) is 1. The number of carbonyl (C=O) groups is 2. The second-order valence-electron chi connectivity index (χ2n) is 4.96. The van der Waals surface area contributed by atoms with Gasteiger partial charge in [-0.3, -0.25) is 4.79 Å². The van der Waals surface area contributed by atoms with E-state index in [0.717, 1.165) is 18.4 Å². The lowest BCUT2D eigenvalue weighted by Crippen LogP contribution is -2.43. The first-order valence-corrected chi connectivity index (χ1v) is 7.54. The molecule has 1 aliphatic heterocycles. The van der Waals surface area contributed by atoms with Crippen molar-refractivity contribution in [2.45, 2.75) is 25.5 Å². The molecule has 5 nitrogen and oxygen atoms in total. The SMILES string of the molecule is O=C(NC[C@H]1CCCN1C(=O)CCl)OCc1ccccc1. The normalized spacial score (nSPS) is 17.6. The topological polar surface area (TPSA) is 58.6 Å². The van der Waals surface area contributed by atoms with Crippen molar-refractivity contribution in [1.82, 2.24) is 10.2 Å². The summed E-state index contributed by atoms with van der Waals surface area (Å²) in [6.45, 7) is 1.34. The van der Waals surface area contributed by atoms with Crippen molar-refractivity contribution in [1.29, 1.82) is 0 Å². The quantitative estimate of drug-likeness (QED) is 0.848. The summed E-state index contributed by atoms with van der Waals surface area (Å²) in [7, 11) is 0. The van der Waals surface area contributed by atoms with Crippen molar-refractivity contribution < 1.29 is 14.3 Å². The monoisotopic (exact) mass is 310 g/mol. The zero-order chi connectivity index (χ0) is 15.1. The van der Waals surface area contributed by atoms with Crippen LogP contribution >= 0.6 is 11.6 Å². The first-order valence-electron chi connectivity index (χ1n) is 7.00. The number of amides is 2. The van der Waals surface area contributed by atoms with Gasteiger partial charge >= 0.3 is 6.09 Å². The van der Waals surface area contributed by atoms with Crippen LogP contribution in [0.5, 0.6) is 0 Å². The van der Waals surface area contributed by atoms with E-state index in [1.165, 1.54) is 0 Å². The Hall–Kier alpha value is -1.75. The minimum atomic E-state index is -0.468. The summed E-state index contributed by atoms with van der Waals surface area (Å²) in [5.41, 5.74) is 0.937. The van der Waals surface area contributed by atoms with Crippen LogP contribution in [0, 0.1) is 0 Å². The lowest BCUT2D eigenvalue weighted by atomic mass is 10.2. The Morgan fingerprint density at radius 1 is 1.33 bits per heavy atom. The van der Waals surface area contributed by atoms with Gasteiger partial charge in [-0.05, 0) is 18.4 Å². The Bertz CT molecular complexity index is 481. The lowest BCUT2D eigenvalue weighted by molar-refractivity contribution is -0.129. The van der Waals surface area contributed by atoms with E-state index in [-0.39, 0.29) is 24.4 Å². The van der Waals surface area contributed by atoms with Gasteiger partial charge in [-0.15, -0.1) is 11.6 Å². The first-order chi connectivity index (χ1) is 10.2. The van der Waals surface area contributed by atoms with Gasteiger partial charge in [0.1, 0.15) is 12.5 Å². The summed E-state index contributed by atoms with van der Waals surface area (Å²) >= 11 is 5.57. The average molecular weight is 311 g/mol. The second-order valence-corrected chi connectivity index (χ2v) is 5.23. The first kappa shape index (κ1) is 15.6. The van der Waals surface area contributed by atoms with Crippen LogP contribution in [0.15, 0.2) is 30.3 Å². The van der Waals surface area contributed by atoms with E-state index in [0.29, 0.717) is 13.1 Å². The maximum Gasteiger partial charge on any atom is 0.407 e. The molecule has 2 amide bonds. The van der Waals surface area contributed by atoms with Gasteiger partial charge in [0, 0.05) is 19.1 Å². The lowest BCUT2D eigenvalue weighted by Gasteiger charge is -2.24. The number of alkyl carbamates (subject to hydrolysis) is 1. The summed E-state index contributed by atoms with van der Waals surface area (Å²) in [5, 5.41) is 2.71. The molecule has 1 aliphatic rings. The number of alkyl halides is 1. The standard InChI is InChI=1S/C15H19ClN2O3/c16-9-14(19)18-8-4-7-13(18)10-17-15(20)21-11-12-5-2-1-3-6-12/h1-3,5-6,13H,4,7-11H2,(H,17,20)/t13-/m1/s1. The van der Waals surface area contributed by atoms with Crippen LogP contribution in [0.3, 0.4) is 0 Å². The molecule has 114 valence electrons. The molecule has 21 heavy (non-hydrogen) atoms. The van der Waals surface area contributed by atoms with Crippen LogP contribution in [0.4, 0.5) is 4.79 Å². The predicted molar refractivity (Wildman–Crippen MR) is 80.1 cm³/mol. The van der Waals surface area contributed by atoms with E-state index in [1.54, 1.807) is 4.90 Å². The van der Waals surface area contributed by atoms with Gasteiger partial charge in [-0.1, -0.05) is 30.3 Å². The Morgan fingerprint density at radius 3 is 2.81 bits per heavy atom. The van der Waals surface area contributed by atoms with Gasteiger partial charge in [0.2, 0.25) is 5.91 Å². The maximum atomic E-state index is 11.7. The van der Waals surface area contributed by atoms with Crippen molar-refractivity contribution >= 4 is 23.6 Å². The Morgan fingerprint density at radius 2 is 2.10 bits per heavy atom. The van der Waals surface area contributed by atoms with Crippen molar-refractivity contribution in [3.05, 3.63) is 35.9 Å². The number of carbonyl (C=O) groups excluding carboxylic acids is 2. The van der Waals surface area contributed by atoms with Crippen LogP contribution in [-0.4, -0.2) is 41.9 Å². The smallest absolute Gasteiger partial charge is 0.407 e. The zero-order valence-electron chi connectivity index (χ0n) is 11.8. The highest BCUT2D eigenvalue weighted by Gasteiger charge is 2.28. The molecule has 2 rings (SSSR count). The number of likely N-dealkylation sites (tertiary alicyclic amines) is 1. The molecule has 0 saturated carbocycles. The molecule has 1 aromatic rings. The molecule has 0 unspecified atom stereocenters. The number of hydrogen-bond acceptors (Lipinski definition) is 3. The number of benzene rings is 1. The van der Waals surface area contributed by atoms with E-state index >= 15 is 0 Å². The summed E-state index contributed by atoms with van der Waals surface area (Å²) in [5.74, 6) is -0.104. The Kier molecular flexibility index (Phi) is 5.87. The summed E-state index contributed by atoms with van der Waals surface area (Å²) in [6, 6.07) is 9.50. The van der Waals surface area contributed by atoms with Crippen LogP contribution < -0.4 is 5.32 Å². The third-order valence-corrected chi connectivity index (χ3v) is 3.74. The van der Waals surface area contributed by atoms with E-state index in [2.05, 4.69) is 5.32 Å². The molecule has 1 saturated heterocycles. The van der Waals surface area contributed by atoms with Crippen molar-refractivity contribution in [2.24, 2.45) is 0 Å². The molecule has 1 aromatic carbocycles. The molecule has 6 heteroatoms. The Balaban J connectivity index is 1.72. The zero-order valence-corrected chi connectivity index (χ0v) is 12.5. The van der Waals surface area contributed by atoms with Crippen molar-refractivity contribution in [3.8, 4) is 0 Å². The number of halogens is 1. The van der Waals surface area contributed by atoms with Crippen LogP contribution in [0.2, 0.25) is 0 Å². The highest BCUT2D eigenvalue weighted by atomic mass is 35.5.